The fourth-order valence-electron chi connectivity index (χ4n) is 2.09. The van der Waals surface area contributed by atoms with Crippen LogP contribution in [0.5, 0.6) is 0 Å². The highest BCUT2D eigenvalue weighted by Crippen LogP contribution is 2.29. The van der Waals surface area contributed by atoms with Crippen LogP contribution in [-0.4, -0.2) is 11.8 Å². The second kappa shape index (κ2) is 7.49. The third kappa shape index (κ3) is 4.71. The largest absolute Gasteiger partial charge is 0.325 e. The van der Waals surface area contributed by atoms with Gasteiger partial charge in [0.25, 0.3) is 0 Å². The molecule has 2 amide bonds. The maximum atomic E-state index is 12.0. The van der Waals surface area contributed by atoms with E-state index in [1.807, 2.05) is 32.0 Å². The normalized spacial score (nSPS) is 10.3. The number of hydrogen-bond donors (Lipinski definition) is 2. The third-order valence-corrected chi connectivity index (χ3v) is 3.83. The molecule has 0 saturated carbocycles. The number of nitrogens with one attached hydrogen (secondary N) is 2. The molecule has 0 saturated heterocycles. The number of carbonyl (C=O) groups excluding carboxylic acids is 2. The summed E-state index contributed by atoms with van der Waals surface area (Å²) in [7, 11) is 0. The summed E-state index contributed by atoms with van der Waals surface area (Å²) >= 11 is 12.0. The molecule has 0 aliphatic heterocycles. The zero-order valence-electron chi connectivity index (χ0n) is 12.7. The Morgan fingerprint density at radius 3 is 2.17 bits per heavy atom. The van der Waals surface area contributed by atoms with Crippen molar-refractivity contribution < 1.29 is 9.59 Å². The zero-order chi connectivity index (χ0) is 17.0. The Labute approximate surface area is 144 Å². The van der Waals surface area contributed by atoms with E-state index in [1.165, 1.54) is 0 Å². The van der Waals surface area contributed by atoms with Crippen LogP contribution in [0.15, 0.2) is 36.4 Å². The summed E-state index contributed by atoms with van der Waals surface area (Å²) in [6, 6.07) is 10.6. The topological polar surface area (TPSA) is 58.2 Å². The Hall–Kier alpha value is -2.04. The monoisotopic (exact) mass is 350 g/mol. The van der Waals surface area contributed by atoms with Gasteiger partial charge in [-0.25, -0.2) is 0 Å². The van der Waals surface area contributed by atoms with Crippen molar-refractivity contribution in [3.63, 3.8) is 0 Å². The summed E-state index contributed by atoms with van der Waals surface area (Å²) in [6.45, 7) is 3.87. The van der Waals surface area contributed by atoms with Gasteiger partial charge in [0.05, 0.1) is 15.7 Å². The molecule has 120 valence electrons. The molecule has 0 atom stereocenters. The Balaban J connectivity index is 1.99. The van der Waals surface area contributed by atoms with Crippen molar-refractivity contribution in [1.29, 1.82) is 0 Å². The highest BCUT2D eigenvalue weighted by molar-refractivity contribution is 6.39. The summed E-state index contributed by atoms with van der Waals surface area (Å²) in [5.41, 5.74) is 3.03. The molecule has 2 aromatic carbocycles. The lowest BCUT2D eigenvalue weighted by atomic mass is 10.1. The molecule has 0 bridgehead atoms. The number of carbonyl (C=O) groups is 2. The highest BCUT2D eigenvalue weighted by atomic mass is 35.5. The Morgan fingerprint density at radius 2 is 1.57 bits per heavy atom. The van der Waals surface area contributed by atoms with Crippen molar-refractivity contribution in [2.24, 2.45) is 0 Å². The van der Waals surface area contributed by atoms with Crippen LogP contribution >= 0.6 is 23.2 Å². The molecule has 2 N–H and O–H groups in total. The van der Waals surface area contributed by atoms with E-state index < -0.39 is 11.8 Å². The van der Waals surface area contributed by atoms with E-state index in [1.54, 1.807) is 18.2 Å². The minimum Gasteiger partial charge on any atom is -0.325 e. The lowest BCUT2D eigenvalue weighted by Crippen LogP contribution is -2.22. The number of aryl methyl sites for hydroxylation is 2. The summed E-state index contributed by atoms with van der Waals surface area (Å²) < 4.78 is 0. The number of para-hydroxylation sites is 1. The second-order valence-electron chi connectivity index (χ2n) is 5.19. The lowest BCUT2D eigenvalue weighted by Gasteiger charge is -2.11. The fourth-order valence-corrected chi connectivity index (χ4v) is 2.59. The van der Waals surface area contributed by atoms with E-state index in [4.69, 9.17) is 23.2 Å². The Kier molecular flexibility index (Phi) is 5.64. The molecule has 0 heterocycles. The molecule has 0 aliphatic carbocycles. The van der Waals surface area contributed by atoms with E-state index in [9.17, 15) is 9.59 Å². The first kappa shape index (κ1) is 17.3. The molecule has 0 aromatic heterocycles. The van der Waals surface area contributed by atoms with E-state index in [2.05, 4.69) is 10.6 Å². The molecule has 6 heteroatoms. The van der Waals surface area contributed by atoms with Gasteiger partial charge >= 0.3 is 0 Å². The number of amides is 2. The van der Waals surface area contributed by atoms with E-state index >= 15 is 0 Å². The van der Waals surface area contributed by atoms with E-state index in [0.717, 1.165) is 11.1 Å². The van der Waals surface area contributed by atoms with Gasteiger partial charge in [-0.15, -0.1) is 0 Å². The smallest absolute Gasteiger partial charge is 0.233 e. The fraction of sp³-hybridized carbons (Fsp3) is 0.176. The minimum atomic E-state index is -0.484. The molecule has 0 fully saturated rings. The quantitative estimate of drug-likeness (QED) is 0.793. The second-order valence-corrected chi connectivity index (χ2v) is 6.00. The van der Waals surface area contributed by atoms with Crippen LogP contribution in [0.2, 0.25) is 10.0 Å². The van der Waals surface area contributed by atoms with Gasteiger partial charge in [0.15, 0.2) is 0 Å². The summed E-state index contributed by atoms with van der Waals surface area (Å²) in [4.78, 5) is 23.9. The van der Waals surface area contributed by atoms with Crippen molar-refractivity contribution in [2.45, 2.75) is 20.3 Å². The van der Waals surface area contributed by atoms with Gasteiger partial charge in [0, 0.05) is 5.69 Å². The maximum Gasteiger partial charge on any atom is 0.233 e. The van der Waals surface area contributed by atoms with Crippen molar-refractivity contribution in [2.75, 3.05) is 10.6 Å². The molecular formula is C17H16Cl2N2O2. The maximum absolute atomic E-state index is 12.0. The Morgan fingerprint density at radius 1 is 0.957 bits per heavy atom. The predicted molar refractivity (Wildman–Crippen MR) is 94.3 cm³/mol. The Bertz CT molecular complexity index is 740. The van der Waals surface area contributed by atoms with Crippen LogP contribution in [0.3, 0.4) is 0 Å². The summed E-state index contributed by atoms with van der Waals surface area (Å²) in [5, 5.41) is 5.91. The van der Waals surface area contributed by atoms with Gasteiger partial charge in [-0.1, -0.05) is 47.0 Å². The van der Waals surface area contributed by atoms with Gasteiger partial charge in [-0.2, -0.15) is 0 Å². The number of rotatable bonds is 4. The molecular weight excluding hydrogens is 335 g/mol. The van der Waals surface area contributed by atoms with E-state index in [0.29, 0.717) is 21.4 Å². The molecule has 0 radical (unpaired) electrons. The van der Waals surface area contributed by atoms with Crippen LogP contribution in [0.4, 0.5) is 11.4 Å². The third-order valence-electron chi connectivity index (χ3n) is 3.20. The van der Waals surface area contributed by atoms with Gasteiger partial charge in [0.2, 0.25) is 11.8 Å². The number of benzene rings is 2. The standard InChI is InChI=1S/C17H16Cl2N2O2/c1-10-6-7-14(11(2)8-10)20-15(22)9-16(23)21-17-12(18)4-3-5-13(17)19/h3-8H,9H2,1-2H3,(H,20,22)(H,21,23). The highest BCUT2D eigenvalue weighted by Gasteiger charge is 2.14. The van der Waals surface area contributed by atoms with Crippen molar-refractivity contribution >= 4 is 46.4 Å². The zero-order valence-corrected chi connectivity index (χ0v) is 14.3. The van der Waals surface area contributed by atoms with Gasteiger partial charge < -0.3 is 10.6 Å². The average Bonchev–Trinajstić information content (AvgIpc) is 2.46. The SMILES string of the molecule is Cc1ccc(NC(=O)CC(=O)Nc2c(Cl)cccc2Cl)c(C)c1. The molecule has 0 spiro atoms. The van der Waals surface area contributed by atoms with Gasteiger partial charge in [-0.05, 0) is 37.6 Å². The molecule has 4 nitrogen and oxygen atoms in total. The van der Waals surface area contributed by atoms with Crippen molar-refractivity contribution in [3.8, 4) is 0 Å². The first-order chi connectivity index (χ1) is 10.9. The average molecular weight is 351 g/mol. The molecule has 0 unspecified atom stereocenters. The van der Waals surface area contributed by atoms with E-state index in [-0.39, 0.29) is 6.42 Å². The predicted octanol–water partition coefficient (Wildman–Crippen LogP) is 4.58. The van der Waals surface area contributed by atoms with Crippen LogP contribution in [0, 0.1) is 13.8 Å². The van der Waals surface area contributed by atoms with Crippen LogP contribution in [0.25, 0.3) is 0 Å². The van der Waals surface area contributed by atoms with Crippen molar-refractivity contribution in [1.82, 2.24) is 0 Å². The minimum absolute atomic E-state index is 0.306. The lowest BCUT2D eigenvalue weighted by molar-refractivity contribution is -0.123. The van der Waals surface area contributed by atoms with Crippen LogP contribution < -0.4 is 10.6 Å². The first-order valence-corrected chi connectivity index (χ1v) is 7.73. The number of hydrogen-bond acceptors (Lipinski definition) is 2. The molecule has 0 aliphatic rings. The summed E-state index contributed by atoms with van der Waals surface area (Å²) in [6.07, 6.45) is -0.325. The molecule has 23 heavy (non-hydrogen) atoms. The first-order valence-electron chi connectivity index (χ1n) is 6.98. The molecule has 2 aromatic rings. The number of halogens is 2. The van der Waals surface area contributed by atoms with Crippen molar-refractivity contribution in [3.05, 3.63) is 57.6 Å². The summed E-state index contributed by atoms with van der Waals surface area (Å²) in [5.74, 6) is -0.889. The van der Waals surface area contributed by atoms with Crippen LogP contribution in [0.1, 0.15) is 17.5 Å². The molecule has 2 rings (SSSR count). The number of anilines is 2. The van der Waals surface area contributed by atoms with Crippen LogP contribution in [-0.2, 0) is 9.59 Å². The van der Waals surface area contributed by atoms with Gasteiger partial charge in [0.1, 0.15) is 6.42 Å². The van der Waals surface area contributed by atoms with Gasteiger partial charge in [-0.3, -0.25) is 9.59 Å².